The number of benzene rings is 3. The lowest BCUT2D eigenvalue weighted by molar-refractivity contribution is 0.0600. The quantitative estimate of drug-likeness (QED) is 0.534. The van der Waals surface area contributed by atoms with Gasteiger partial charge in [0.2, 0.25) is 0 Å². The molecule has 1 N–H and O–H groups in total. The van der Waals surface area contributed by atoms with Gasteiger partial charge in [0.1, 0.15) is 0 Å². The lowest BCUT2D eigenvalue weighted by atomic mass is 10.0. The van der Waals surface area contributed by atoms with Gasteiger partial charge in [0, 0.05) is 23.4 Å². The van der Waals surface area contributed by atoms with Crippen molar-refractivity contribution >= 4 is 17.4 Å². The first-order valence-corrected chi connectivity index (χ1v) is 8.28. The van der Waals surface area contributed by atoms with Gasteiger partial charge in [-0.15, -0.1) is 0 Å². The predicted molar refractivity (Wildman–Crippen MR) is 101 cm³/mol. The van der Waals surface area contributed by atoms with E-state index in [1.807, 2.05) is 30.3 Å². The molecule has 0 bridgehead atoms. The number of nitrogens with one attached hydrogen (secondary N) is 1. The van der Waals surface area contributed by atoms with Crippen molar-refractivity contribution in [2.75, 3.05) is 12.4 Å². The van der Waals surface area contributed by atoms with Crippen LogP contribution in [0.3, 0.4) is 0 Å². The van der Waals surface area contributed by atoms with Crippen molar-refractivity contribution in [3.63, 3.8) is 0 Å². The Labute approximate surface area is 152 Å². The zero-order valence-electron chi connectivity index (χ0n) is 14.4. The molecular weight excluding hydrogens is 326 g/mol. The van der Waals surface area contributed by atoms with Crippen LogP contribution in [0.4, 0.5) is 5.69 Å². The number of methoxy groups -OCH3 is 1. The third-order valence-electron chi connectivity index (χ3n) is 4.05. The van der Waals surface area contributed by atoms with Crippen molar-refractivity contribution in [1.29, 1.82) is 0 Å². The number of ether oxygens (including phenoxy) is 1. The van der Waals surface area contributed by atoms with E-state index in [1.54, 1.807) is 36.4 Å². The van der Waals surface area contributed by atoms with E-state index in [4.69, 9.17) is 0 Å². The van der Waals surface area contributed by atoms with Crippen LogP contribution in [0.5, 0.6) is 0 Å². The van der Waals surface area contributed by atoms with Crippen molar-refractivity contribution in [3.05, 3.63) is 101 Å². The maximum absolute atomic E-state index is 12.6. The van der Waals surface area contributed by atoms with Gasteiger partial charge >= 0.3 is 5.97 Å². The van der Waals surface area contributed by atoms with Crippen molar-refractivity contribution < 1.29 is 14.3 Å². The van der Waals surface area contributed by atoms with Crippen LogP contribution in [0.1, 0.15) is 31.8 Å². The van der Waals surface area contributed by atoms with E-state index < -0.39 is 5.97 Å². The molecule has 4 heteroatoms. The van der Waals surface area contributed by atoms with Crippen LogP contribution in [0, 0.1) is 0 Å². The molecule has 0 radical (unpaired) electrons. The van der Waals surface area contributed by atoms with Crippen molar-refractivity contribution in [1.82, 2.24) is 0 Å². The predicted octanol–water partition coefficient (Wildman–Crippen LogP) is 4.32. The normalized spacial score (nSPS) is 10.2. The highest BCUT2D eigenvalue weighted by molar-refractivity contribution is 6.09. The molecule has 0 aliphatic heterocycles. The zero-order valence-corrected chi connectivity index (χ0v) is 14.4. The lowest BCUT2D eigenvalue weighted by Gasteiger charge is -2.08. The van der Waals surface area contributed by atoms with Crippen LogP contribution in [-0.4, -0.2) is 18.9 Å². The molecule has 0 amide bonds. The number of rotatable bonds is 6. The van der Waals surface area contributed by atoms with Crippen molar-refractivity contribution in [2.24, 2.45) is 0 Å². The fraction of sp³-hybridized carbons (Fsp3) is 0.0909. The molecule has 0 saturated carbocycles. The van der Waals surface area contributed by atoms with Gasteiger partial charge in [-0.1, -0.05) is 42.5 Å². The summed E-state index contributed by atoms with van der Waals surface area (Å²) in [6, 6.07) is 23.9. The molecule has 0 spiro atoms. The number of ketones is 1. The second-order valence-electron chi connectivity index (χ2n) is 5.81. The largest absolute Gasteiger partial charge is 0.465 e. The molecular formula is C22H19NO3. The van der Waals surface area contributed by atoms with E-state index in [9.17, 15) is 9.59 Å². The minimum atomic E-state index is -0.419. The molecule has 0 atom stereocenters. The Hall–Kier alpha value is -3.40. The topological polar surface area (TPSA) is 55.4 Å². The summed E-state index contributed by atoms with van der Waals surface area (Å²) < 4.78 is 4.66. The van der Waals surface area contributed by atoms with Crippen LogP contribution < -0.4 is 5.32 Å². The number of carbonyl (C=O) groups excluding carboxylic acids is 2. The van der Waals surface area contributed by atoms with Gasteiger partial charge in [-0.2, -0.15) is 0 Å². The minimum Gasteiger partial charge on any atom is -0.465 e. The molecule has 130 valence electrons. The van der Waals surface area contributed by atoms with Crippen LogP contribution >= 0.6 is 0 Å². The number of carbonyl (C=O) groups is 2. The Morgan fingerprint density at radius 3 is 1.88 bits per heavy atom. The highest BCUT2D eigenvalue weighted by Crippen LogP contribution is 2.16. The molecule has 3 aromatic rings. The first-order chi connectivity index (χ1) is 12.7. The molecule has 4 nitrogen and oxygen atoms in total. The van der Waals surface area contributed by atoms with Crippen LogP contribution in [0.15, 0.2) is 78.9 Å². The van der Waals surface area contributed by atoms with Gasteiger partial charge in [-0.25, -0.2) is 4.79 Å². The maximum atomic E-state index is 12.6. The summed E-state index contributed by atoms with van der Waals surface area (Å²) in [5.41, 5.74) is 3.69. The monoisotopic (exact) mass is 345 g/mol. The second-order valence-corrected chi connectivity index (χ2v) is 5.81. The van der Waals surface area contributed by atoms with E-state index in [1.165, 1.54) is 12.7 Å². The summed E-state index contributed by atoms with van der Waals surface area (Å²) in [5.74, 6) is -0.506. The Bertz CT molecular complexity index is 885. The molecule has 0 heterocycles. The lowest BCUT2D eigenvalue weighted by Crippen LogP contribution is -2.05. The minimum absolute atomic E-state index is 0.0870. The Morgan fingerprint density at radius 1 is 0.769 bits per heavy atom. The average Bonchev–Trinajstić information content (AvgIpc) is 2.72. The molecule has 0 fully saturated rings. The molecule has 3 aromatic carbocycles. The Morgan fingerprint density at radius 2 is 1.31 bits per heavy atom. The summed E-state index contributed by atoms with van der Waals surface area (Å²) >= 11 is 0. The number of esters is 1. The van der Waals surface area contributed by atoms with Crippen molar-refractivity contribution in [3.8, 4) is 0 Å². The Kier molecular flexibility index (Phi) is 5.44. The average molecular weight is 345 g/mol. The van der Waals surface area contributed by atoms with Gasteiger partial charge < -0.3 is 10.1 Å². The zero-order chi connectivity index (χ0) is 18.4. The molecule has 0 saturated heterocycles. The summed E-state index contributed by atoms with van der Waals surface area (Å²) in [5, 5.41) is 3.33. The SMILES string of the molecule is COC(=O)c1ccc(C(=O)c2ccc(NCc3ccccc3)cc2)cc1. The van der Waals surface area contributed by atoms with Gasteiger partial charge in [-0.05, 0) is 42.0 Å². The van der Waals surface area contributed by atoms with E-state index >= 15 is 0 Å². The van der Waals surface area contributed by atoms with E-state index in [0.29, 0.717) is 16.7 Å². The maximum Gasteiger partial charge on any atom is 0.337 e. The Balaban J connectivity index is 1.66. The molecule has 3 rings (SSSR count). The standard InChI is InChI=1S/C22H19NO3/c1-26-22(25)19-9-7-17(8-10-19)21(24)18-11-13-20(14-12-18)23-15-16-5-3-2-4-6-16/h2-14,23H,15H2,1H3. The van der Waals surface area contributed by atoms with Gasteiger partial charge in [-0.3, -0.25) is 4.79 Å². The fourth-order valence-electron chi connectivity index (χ4n) is 2.58. The van der Waals surface area contributed by atoms with Gasteiger partial charge in [0.05, 0.1) is 12.7 Å². The fourth-order valence-corrected chi connectivity index (χ4v) is 2.58. The van der Waals surface area contributed by atoms with E-state index in [-0.39, 0.29) is 5.78 Å². The third-order valence-corrected chi connectivity index (χ3v) is 4.05. The number of anilines is 1. The third kappa shape index (κ3) is 4.16. The number of hydrogen-bond acceptors (Lipinski definition) is 4. The first-order valence-electron chi connectivity index (χ1n) is 8.28. The summed E-state index contributed by atoms with van der Waals surface area (Å²) in [6.45, 7) is 0.725. The molecule has 26 heavy (non-hydrogen) atoms. The van der Waals surface area contributed by atoms with E-state index in [2.05, 4.69) is 22.2 Å². The molecule has 0 aromatic heterocycles. The van der Waals surface area contributed by atoms with Crippen LogP contribution in [0.25, 0.3) is 0 Å². The molecule has 0 aliphatic carbocycles. The highest BCUT2D eigenvalue weighted by Gasteiger charge is 2.11. The molecule has 0 aliphatic rings. The molecule has 0 unspecified atom stereocenters. The highest BCUT2D eigenvalue weighted by atomic mass is 16.5. The summed E-state index contributed by atoms with van der Waals surface area (Å²) in [4.78, 5) is 24.0. The van der Waals surface area contributed by atoms with Crippen LogP contribution in [-0.2, 0) is 11.3 Å². The van der Waals surface area contributed by atoms with E-state index in [0.717, 1.165) is 12.2 Å². The first kappa shape index (κ1) is 17.4. The van der Waals surface area contributed by atoms with Gasteiger partial charge in [0.25, 0.3) is 0 Å². The smallest absolute Gasteiger partial charge is 0.337 e. The second kappa shape index (κ2) is 8.12. The summed E-state index contributed by atoms with van der Waals surface area (Å²) in [7, 11) is 1.33. The number of hydrogen-bond donors (Lipinski definition) is 1. The summed E-state index contributed by atoms with van der Waals surface area (Å²) in [6.07, 6.45) is 0. The van der Waals surface area contributed by atoms with Crippen molar-refractivity contribution in [2.45, 2.75) is 6.54 Å². The van der Waals surface area contributed by atoms with Crippen LogP contribution in [0.2, 0.25) is 0 Å². The van der Waals surface area contributed by atoms with Gasteiger partial charge in [0.15, 0.2) is 5.78 Å².